The van der Waals surface area contributed by atoms with Crippen LogP contribution in [0.5, 0.6) is 5.75 Å². The van der Waals surface area contributed by atoms with Gasteiger partial charge in [-0.3, -0.25) is 4.68 Å². The molecule has 2 N–H and O–H groups in total. The number of ether oxygens (including phenoxy) is 1. The molecule has 0 fully saturated rings. The van der Waals surface area contributed by atoms with E-state index in [1.165, 1.54) is 13.1 Å². The first-order chi connectivity index (χ1) is 18.3. The summed E-state index contributed by atoms with van der Waals surface area (Å²) in [6.07, 6.45) is 1.69. The molecule has 1 aromatic carbocycles. The first-order valence-electron chi connectivity index (χ1n) is 12.5. The number of halogens is 2. The summed E-state index contributed by atoms with van der Waals surface area (Å²) in [4.78, 5) is 16.7. The zero-order valence-corrected chi connectivity index (χ0v) is 22.9. The van der Waals surface area contributed by atoms with Crippen molar-refractivity contribution < 1.29 is 28.5 Å². The van der Waals surface area contributed by atoms with Gasteiger partial charge in [-0.25, -0.2) is 14.2 Å². The summed E-state index contributed by atoms with van der Waals surface area (Å²) in [5, 5.41) is 24.6. The van der Waals surface area contributed by atoms with E-state index >= 15 is 4.39 Å². The number of hydrogen-bond acceptors (Lipinski definition) is 5. The third-order valence-electron chi connectivity index (χ3n) is 6.84. The van der Waals surface area contributed by atoms with Crippen LogP contribution in [-0.2, 0) is 20.0 Å². The number of aliphatic hydroxyl groups excluding tert-OH is 1. The summed E-state index contributed by atoms with van der Waals surface area (Å²) in [6.45, 7) is 7.74. The van der Waals surface area contributed by atoms with E-state index in [1.807, 2.05) is 27.7 Å². The van der Waals surface area contributed by atoms with Crippen molar-refractivity contribution in [2.45, 2.75) is 46.8 Å². The second kappa shape index (κ2) is 10.6. The number of hydrogen-bond donors (Lipinski definition) is 2. The highest BCUT2D eigenvalue weighted by atomic mass is 19.2. The molecular weight excluding hydrogens is 508 g/mol. The largest absolute Gasteiger partial charge is 0.489 e. The standard InChI is InChI=1S/C28H33F2N5O4/c1-16-19(24(32-34(16)6)26(36)28(2,3)4)11-12-39-25-20(8-9-21(29)23(25)30)17-7-10-22-31-13-18(35(22)14-17)15-33(5)27(37)38/h7-10,13-14,26,36H,11-12,15H2,1-6H3,(H,37,38). The van der Waals surface area contributed by atoms with Gasteiger partial charge in [-0.2, -0.15) is 9.49 Å². The SMILES string of the molecule is Cc1c(CCOc2c(-c3ccc4ncc(CN(C)C(=O)O)n4c3)ccc(F)c2F)c(C(O)C(C)(C)C)nn1C. The number of imidazole rings is 1. The minimum absolute atomic E-state index is 0.0196. The summed E-state index contributed by atoms with van der Waals surface area (Å²) in [7, 11) is 3.24. The lowest BCUT2D eigenvalue weighted by atomic mass is 9.85. The molecule has 3 heterocycles. The molecule has 0 spiro atoms. The Morgan fingerprint density at radius 2 is 1.92 bits per heavy atom. The fourth-order valence-corrected chi connectivity index (χ4v) is 4.39. The van der Waals surface area contributed by atoms with Crippen LogP contribution in [0.25, 0.3) is 16.8 Å². The second-order valence-electron chi connectivity index (χ2n) is 10.7. The van der Waals surface area contributed by atoms with E-state index in [0.29, 0.717) is 34.6 Å². The zero-order valence-electron chi connectivity index (χ0n) is 22.9. The van der Waals surface area contributed by atoms with Gasteiger partial charge in [0.1, 0.15) is 11.8 Å². The van der Waals surface area contributed by atoms with Gasteiger partial charge in [-0.1, -0.05) is 20.8 Å². The Kier molecular flexibility index (Phi) is 7.65. The Morgan fingerprint density at radius 1 is 1.21 bits per heavy atom. The van der Waals surface area contributed by atoms with Gasteiger partial charge >= 0.3 is 6.09 Å². The van der Waals surface area contributed by atoms with Crippen LogP contribution >= 0.6 is 0 Å². The molecule has 9 nitrogen and oxygen atoms in total. The average molecular weight is 542 g/mol. The summed E-state index contributed by atoms with van der Waals surface area (Å²) >= 11 is 0. The predicted octanol–water partition coefficient (Wildman–Crippen LogP) is 5.13. The highest BCUT2D eigenvalue weighted by Crippen LogP contribution is 2.36. The molecule has 1 amide bonds. The number of carboxylic acid groups (broad SMARTS) is 1. The highest BCUT2D eigenvalue weighted by Gasteiger charge is 2.30. The van der Waals surface area contributed by atoms with E-state index in [1.54, 1.807) is 40.7 Å². The van der Waals surface area contributed by atoms with Crippen molar-refractivity contribution in [2.24, 2.45) is 12.5 Å². The number of carbonyl (C=O) groups is 1. The number of benzene rings is 1. The Balaban J connectivity index is 1.65. The van der Waals surface area contributed by atoms with Gasteiger partial charge in [-0.15, -0.1) is 0 Å². The molecule has 0 bridgehead atoms. The number of aliphatic hydroxyl groups is 1. The van der Waals surface area contributed by atoms with Gasteiger partial charge < -0.3 is 24.3 Å². The van der Waals surface area contributed by atoms with Crippen molar-refractivity contribution in [1.29, 1.82) is 0 Å². The quantitative estimate of drug-likeness (QED) is 0.320. The van der Waals surface area contributed by atoms with Crippen LogP contribution in [0.15, 0.2) is 36.7 Å². The molecule has 0 radical (unpaired) electrons. The van der Waals surface area contributed by atoms with Gasteiger partial charge in [0.15, 0.2) is 11.6 Å². The monoisotopic (exact) mass is 541 g/mol. The maximum atomic E-state index is 15.1. The Labute approximate surface area is 225 Å². The normalized spacial score (nSPS) is 12.6. The number of rotatable bonds is 8. The molecular formula is C28H33F2N5O4. The molecule has 0 aliphatic rings. The van der Waals surface area contributed by atoms with Crippen molar-refractivity contribution >= 4 is 11.7 Å². The third-order valence-corrected chi connectivity index (χ3v) is 6.84. The maximum absolute atomic E-state index is 15.1. The van der Waals surface area contributed by atoms with Crippen molar-refractivity contribution in [3.63, 3.8) is 0 Å². The lowest BCUT2D eigenvalue weighted by Gasteiger charge is -2.25. The number of aromatic nitrogens is 4. The van der Waals surface area contributed by atoms with Crippen LogP contribution in [0, 0.1) is 24.0 Å². The molecule has 3 aromatic heterocycles. The molecule has 1 atom stereocenters. The van der Waals surface area contributed by atoms with E-state index in [2.05, 4.69) is 10.1 Å². The summed E-state index contributed by atoms with van der Waals surface area (Å²) in [5.41, 5.74) is 3.80. The van der Waals surface area contributed by atoms with Crippen molar-refractivity contribution in [3.05, 3.63) is 70.9 Å². The smallest absolute Gasteiger partial charge is 0.407 e. The molecule has 208 valence electrons. The molecule has 39 heavy (non-hydrogen) atoms. The lowest BCUT2D eigenvalue weighted by molar-refractivity contribution is 0.0575. The van der Waals surface area contributed by atoms with Crippen molar-refractivity contribution in [2.75, 3.05) is 13.7 Å². The van der Waals surface area contributed by atoms with E-state index in [0.717, 1.165) is 22.2 Å². The molecule has 0 saturated heterocycles. The molecule has 4 rings (SSSR count). The number of fused-ring (bicyclic) bond motifs is 1. The van der Waals surface area contributed by atoms with Crippen LogP contribution in [0.3, 0.4) is 0 Å². The second-order valence-corrected chi connectivity index (χ2v) is 10.7. The van der Waals surface area contributed by atoms with Crippen LogP contribution in [0.2, 0.25) is 0 Å². The fraction of sp³-hybridized carbons (Fsp3) is 0.393. The van der Waals surface area contributed by atoms with Gasteiger partial charge in [0.2, 0.25) is 5.82 Å². The number of amides is 1. The molecule has 0 aliphatic heterocycles. The van der Waals surface area contributed by atoms with Crippen molar-refractivity contribution in [1.82, 2.24) is 24.1 Å². The Hall–Kier alpha value is -3.99. The van der Waals surface area contributed by atoms with Crippen LogP contribution < -0.4 is 4.74 Å². The first kappa shape index (κ1) is 28.0. The van der Waals surface area contributed by atoms with E-state index in [4.69, 9.17) is 4.74 Å². The van der Waals surface area contributed by atoms with Gasteiger partial charge in [0.05, 0.1) is 30.7 Å². The van der Waals surface area contributed by atoms with E-state index < -0.39 is 29.2 Å². The van der Waals surface area contributed by atoms with Gasteiger partial charge in [0, 0.05) is 49.1 Å². The predicted molar refractivity (Wildman–Crippen MR) is 142 cm³/mol. The number of nitrogens with zero attached hydrogens (tertiary/aromatic N) is 5. The maximum Gasteiger partial charge on any atom is 0.407 e. The number of pyridine rings is 1. The minimum atomic E-state index is -1.11. The Morgan fingerprint density at radius 3 is 2.59 bits per heavy atom. The summed E-state index contributed by atoms with van der Waals surface area (Å²) < 4.78 is 38.6. The summed E-state index contributed by atoms with van der Waals surface area (Å²) in [6, 6.07) is 5.91. The molecule has 1 unspecified atom stereocenters. The molecule has 4 aromatic rings. The van der Waals surface area contributed by atoms with Crippen LogP contribution in [-0.4, -0.2) is 54.0 Å². The molecule has 0 aliphatic carbocycles. The lowest BCUT2D eigenvalue weighted by Crippen LogP contribution is -2.24. The molecule has 11 heteroatoms. The van der Waals surface area contributed by atoms with Gasteiger partial charge in [0.25, 0.3) is 0 Å². The average Bonchev–Trinajstić information content (AvgIpc) is 3.40. The third kappa shape index (κ3) is 5.58. The van der Waals surface area contributed by atoms with Gasteiger partial charge in [-0.05, 0) is 36.6 Å². The fourth-order valence-electron chi connectivity index (χ4n) is 4.39. The molecule has 0 saturated carbocycles. The van der Waals surface area contributed by atoms with Crippen molar-refractivity contribution in [3.8, 4) is 16.9 Å². The highest BCUT2D eigenvalue weighted by molar-refractivity contribution is 5.71. The van der Waals surface area contributed by atoms with Crippen LogP contribution in [0.4, 0.5) is 13.6 Å². The minimum Gasteiger partial charge on any atom is -0.489 e. The summed E-state index contributed by atoms with van der Waals surface area (Å²) in [5.74, 6) is -2.39. The van der Waals surface area contributed by atoms with E-state index in [-0.39, 0.29) is 18.9 Å². The zero-order chi connectivity index (χ0) is 28.6. The van der Waals surface area contributed by atoms with E-state index in [9.17, 15) is 19.4 Å². The first-order valence-corrected chi connectivity index (χ1v) is 12.5. The Bertz CT molecular complexity index is 1520. The topological polar surface area (TPSA) is 105 Å². The number of aryl methyl sites for hydroxylation is 1. The van der Waals surface area contributed by atoms with Crippen LogP contribution in [0.1, 0.15) is 49.5 Å².